The van der Waals surface area contributed by atoms with Crippen LogP contribution in [0.15, 0.2) is 30.5 Å². The highest BCUT2D eigenvalue weighted by molar-refractivity contribution is 5.80. The summed E-state index contributed by atoms with van der Waals surface area (Å²) in [7, 11) is 1.69. The SMILES string of the molecule is COCCOCCCn1ccc2ccc(CCN)cc21. The van der Waals surface area contributed by atoms with E-state index in [1.807, 2.05) is 0 Å². The standard InChI is InChI=1S/C16H24N2O2/c1-19-11-12-20-10-2-8-18-9-6-15-4-3-14(5-7-17)13-16(15)18/h3-4,6,9,13H,2,5,7-8,10-12,17H2,1H3. The van der Waals surface area contributed by atoms with Crippen LogP contribution in [0, 0.1) is 0 Å². The molecular formula is C16H24N2O2. The fraction of sp³-hybridized carbons (Fsp3) is 0.500. The van der Waals surface area contributed by atoms with Crippen molar-refractivity contribution < 1.29 is 9.47 Å². The molecule has 1 aromatic carbocycles. The minimum absolute atomic E-state index is 0.662. The molecule has 0 spiro atoms. The average Bonchev–Trinajstić information content (AvgIpc) is 2.86. The highest BCUT2D eigenvalue weighted by Gasteiger charge is 2.02. The normalized spacial score (nSPS) is 11.3. The Kier molecular flexibility index (Phi) is 6.05. The quantitative estimate of drug-likeness (QED) is 0.714. The molecule has 2 rings (SSSR count). The van der Waals surface area contributed by atoms with E-state index in [4.69, 9.17) is 15.2 Å². The molecule has 0 bridgehead atoms. The lowest BCUT2D eigenvalue weighted by atomic mass is 10.1. The third-order valence-corrected chi connectivity index (χ3v) is 3.39. The summed E-state index contributed by atoms with van der Waals surface area (Å²) in [6.45, 7) is 3.77. The molecule has 1 aromatic heterocycles. The topological polar surface area (TPSA) is 49.4 Å². The number of aromatic nitrogens is 1. The molecule has 4 heteroatoms. The third kappa shape index (κ3) is 4.07. The number of ether oxygens (including phenoxy) is 2. The summed E-state index contributed by atoms with van der Waals surface area (Å²) >= 11 is 0. The molecule has 2 N–H and O–H groups in total. The van der Waals surface area contributed by atoms with Crippen molar-refractivity contribution in [2.75, 3.05) is 33.5 Å². The summed E-state index contributed by atoms with van der Waals surface area (Å²) in [5.41, 5.74) is 8.21. The third-order valence-electron chi connectivity index (χ3n) is 3.39. The monoisotopic (exact) mass is 276 g/mol. The molecule has 0 aliphatic rings. The van der Waals surface area contributed by atoms with Crippen LogP contribution in [0.5, 0.6) is 0 Å². The van der Waals surface area contributed by atoms with Gasteiger partial charge in [-0.1, -0.05) is 12.1 Å². The second kappa shape index (κ2) is 8.04. The lowest BCUT2D eigenvalue weighted by Crippen LogP contribution is -2.06. The second-order valence-corrected chi connectivity index (χ2v) is 4.90. The maximum absolute atomic E-state index is 5.62. The van der Waals surface area contributed by atoms with Crippen LogP contribution in [-0.4, -0.2) is 38.0 Å². The summed E-state index contributed by atoms with van der Waals surface area (Å²) < 4.78 is 12.7. The van der Waals surface area contributed by atoms with Crippen molar-refractivity contribution in [1.82, 2.24) is 4.57 Å². The van der Waals surface area contributed by atoms with E-state index in [2.05, 4.69) is 35.0 Å². The largest absolute Gasteiger partial charge is 0.382 e. The van der Waals surface area contributed by atoms with Gasteiger partial charge in [-0.2, -0.15) is 0 Å². The van der Waals surface area contributed by atoms with Crippen LogP contribution in [0.1, 0.15) is 12.0 Å². The highest BCUT2D eigenvalue weighted by atomic mass is 16.5. The summed E-state index contributed by atoms with van der Waals surface area (Å²) in [5, 5.41) is 1.28. The number of hydrogen-bond donors (Lipinski definition) is 1. The van der Waals surface area contributed by atoms with Crippen LogP contribution in [0.3, 0.4) is 0 Å². The molecule has 0 aliphatic carbocycles. The fourth-order valence-corrected chi connectivity index (χ4v) is 2.33. The van der Waals surface area contributed by atoms with E-state index in [0.29, 0.717) is 19.8 Å². The van der Waals surface area contributed by atoms with Crippen molar-refractivity contribution in [1.29, 1.82) is 0 Å². The Labute approximate surface area is 120 Å². The molecule has 0 unspecified atom stereocenters. The summed E-state index contributed by atoms with van der Waals surface area (Å²) in [5.74, 6) is 0. The average molecular weight is 276 g/mol. The molecule has 0 radical (unpaired) electrons. The van der Waals surface area contributed by atoms with Gasteiger partial charge in [-0.3, -0.25) is 0 Å². The first-order valence-electron chi connectivity index (χ1n) is 7.19. The molecule has 0 aliphatic heterocycles. The molecule has 2 aromatic rings. The summed E-state index contributed by atoms with van der Waals surface area (Å²) in [6, 6.07) is 8.74. The van der Waals surface area contributed by atoms with Crippen molar-refractivity contribution in [3.05, 3.63) is 36.0 Å². The van der Waals surface area contributed by atoms with Gasteiger partial charge in [-0.15, -0.1) is 0 Å². The Hall–Kier alpha value is -1.36. The van der Waals surface area contributed by atoms with Gasteiger partial charge in [0, 0.05) is 32.0 Å². The molecule has 4 nitrogen and oxygen atoms in total. The molecule has 0 saturated heterocycles. The van der Waals surface area contributed by atoms with E-state index >= 15 is 0 Å². The zero-order valence-corrected chi connectivity index (χ0v) is 12.2. The van der Waals surface area contributed by atoms with Crippen molar-refractivity contribution in [2.24, 2.45) is 5.73 Å². The number of rotatable bonds is 9. The minimum Gasteiger partial charge on any atom is -0.382 e. The zero-order valence-electron chi connectivity index (χ0n) is 12.2. The number of nitrogens with two attached hydrogens (primary N) is 1. The summed E-state index contributed by atoms with van der Waals surface area (Å²) in [6.07, 6.45) is 4.09. The van der Waals surface area contributed by atoms with Crippen LogP contribution in [-0.2, 0) is 22.4 Å². The van der Waals surface area contributed by atoms with Gasteiger partial charge in [-0.05, 0) is 42.5 Å². The zero-order chi connectivity index (χ0) is 14.2. The van der Waals surface area contributed by atoms with E-state index in [9.17, 15) is 0 Å². The Bertz CT molecular complexity index is 522. The van der Waals surface area contributed by atoms with Gasteiger partial charge >= 0.3 is 0 Å². The smallest absolute Gasteiger partial charge is 0.0700 e. The van der Waals surface area contributed by atoms with Gasteiger partial charge < -0.3 is 19.8 Å². The van der Waals surface area contributed by atoms with Crippen molar-refractivity contribution in [3.63, 3.8) is 0 Å². The maximum atomic E-state index is 5.62. The molecule has 0 amide bonds. The predicted octanol–water partition coefficient (Wildman–Crippen LogP) is 2.20. The number of nitrogens with zero attached hydrogens (tertiary/aromatic N) is 1. The first-order chi connectivity index (χ1) is 9.85. The van der Waals surface area contributed by atoms with Crippen molar-refractivity contribution in [3.8, 4) is 0 Å². The van der Waals surface area contributed by atoms with Crippen LogP contribution < -0.4 is 5.73 Å². The maximum Gasteiger partial charge on any atom is 0.0700 e. The second-order valence-electron chi connectivity index (χ2n) is 4.90. The van der Waals surface area contributed by atoms with E-state index < -0.39 is 0 Å². The molecular weight excluding hydrogens is 252 g/mol. The van der Waals surface area contributed by atoms with Gasteiger partial charge in [-0.25, -0.2) is 0 Å². The molecule has 0 fully saturated rings. The summed E-state index contributed by atoms with van der Waals surface area (Å²) in [4.78, 5) is 0. The Balaban J connectivity index is 1.90. The van der Waals surface area contributed by atoms with Crippen molar-refractivity contribution in [2.45, 2.75) is 19.4 Å². The van der Waals surface area contributed by atoms with Crippen LogP contribution in [0.2, 0.25) is 0 Å². The Morgan fingerprint density at radius 2 is 2.05 bits per heavy atom. The first-order valence-corrected chi connectivity index (χ1v) is 7.19. The van der Waals surface area contributed by atoms with E-state index in [0.717, 1.165) is 26.0 Å². The fourth-order valence-electron chi connectivity index (χ4n) is 2.33. The lowest BCUT2D eigenvalue weighted by molar-refractivity contribution is 0.0681. The van der Waals surface area contributed by atoms with Gasteiger partial charge in [0.1, 0.15) is 0 Å². The van der Waals surface area contributed by atoms with Gasteiger partial charge in [0.15, 0.2) is 0 Å². The van der Waals surface area contributed by atoms with Gasteiger partial charge in [0.25, 0.3) is 0 Å². The van der Waals surface area contributed by atoms with Gasteiger partial charge in [0.05, 0.1) is 13.2 Å². The number of aryl methyl sites for hydroxylation is 1. The first kappa shape index (κ1) is 15.0. The number of methoxy groups -OCH3 is 1. The van der Waals surface area contributed by atoms with Crippen LogP contribution >= 0.6 is 0 Å². The predicted molar refractivity (Wildman–Crippen MR) is 82.0 cm³/mol. The molecule has 0 saturated carbocycles. The van der Waals surface area contributed by atoms with Crippen LogP contribution in [0.25, 0.3) is 10.9 Å². The molecule has 20 heavy (non-hydrogen) atoms. The van der Waals surface area contributed by atoms with E-state index in [-0.39, 0.29) is 0 Å². The molecule has 1 heterocycles. The number of hydrogen-bond acceptors (Lipinski definition) is 3. The Morgan fingerprint density at radius 3 is 2.85 bits per heavy atom. The highest BCUT2D eigenvalue weighted by Crippen LogP contribution is 2.18. The number of benzene rings is 1. The molecule has 110 valence electrons. The van der Waals surface area contributed by atoms with Crippen molar-refractivity contribution >= 4 is 10.9 Å². The molecule has 0 atom stereocenters. The lowest BCUT2D eigenvalue weighted by Gasteiger charge is -2.07. The van der Waals surface area contributed by atoms with E-state index in [1.165, 1.54) is 16.5 Å². The van der Waals surface area contributed by atoms with Crippen LogP contribution in [0.4, 0.5) is 0 Å². The minimum atomic E-state index is 0.662. The van der Waals surface area contributed by atoms with E-state index in [1.54, 1.807) is 7.11 Å². The Morgan fingerprint density at radius 1 is 1.15 bits per heavy atom. The number of fused-ring (bicyclic) bond motifs is 1. The van der Waals surface area contributed by atoms with Gasteiger partial charge in [0.2, 0.25) is 0 Å².